The van der Waals surface area contributed by atoms with Crippen LogP contribution >= 0.6 is 11.3 Å². The van der Waals surface area contributed by atoms with Crippen molar-refractivity contribution in [2.75, 3.05) is 7.11 Å². The van der Waals surface area contributed by atoms with Crippen LogP contribution < -0.4 is 5.73 Å². The first kappa shape index (κ1) is 11.6. The fourth-order valence-electron chi connectivity index (χ4n) is 2.12. The minimum Gasteiger partial charge on any atom is -0.380 e. The van der Waals surface area contributed by atoms with Crippen LogP contribution in [0.1, 0.15) is 21.6 Å². The summed E-state index contributed by atoms with van der Waals surface area (Å²) in [4.78, 5) is 1.24. The summed E-state index contributed by atoms with van der Waals surface area (Å²) in [5.41, 5.74) is 9.67. The smallest absolute Gasteiger partial charge is 0.0730 e. The standard InChI is InChI=1S/C13H17NOS/c1-8-4-9(2)13-10(5-8)11(7-15-3)12(6-14)16-13/h4-5H,6-7,14H2,1-3H3. The zero-order chi connectivity index (χ0) is 11.7. The van der Waals surface area contributed by atoms with Gasteiger partial charge in [-0.1, -0.05) is 17.7 Å². The lowest BCUT2D eigenvalue weighted by atomic mass is 10.1. The SMILES string of the molecule is COCc1c(CN)sc2c(C)cc(C)cc12. The highest BCUT2D eigenvalue weighted by Gasteiger charge is 2.12. The van der Waals surface area contributed by atoms with Gasteiger partial charge in [-0.15, -0.1) is 11.3 Å². The van der Waals surface area contributed by atoms with Crippen LogP contribution in [-0.2, 0) is 17.9 Å². The van der Waals surface area contributed by atoms with Crippen LogP contribution in [0.15, 0.2) is 12.1 Å². The van der Waals surface area contributed by atoms with Gasteiger partial charge in [0.1, 0.15) is 0 Å². The number of methoxy groups -OCH3 is 1. The van der Waals surface area contributed by atoms with Gasteiger partial charge in [0.05, 0.1) is 6.61 Å². The van der Waals surface area contributed by atoms with Gasteiger partial charge in [-0.2, -0.15) is 0 Å². The number of hydrogen-bond donors (Lipinski definition) is 1. The zero-order valence-electron chi connectivity index (χ0n) is 9.96. The number of fused-ring (bicyclic) bond motifs is 1. The van der Waals surface area contributed by atoms with Crippen molar-refractivity contribution in [3.63, 3.8) is 0 Å². The number of hydrogen-bond acceptors (Lipinski definition) is 3. The molecule has 1 aromatic heterocycles. The minimum atomic E-state index is 0.594. The molecule has 0 spiro atoms. The highest BCUT2D eigenvalue weighted by molar-refractivity contribution is 7.19. The van der Waals surface area contributed by atoms with Crippen LogP contribution in [0.5, 0.6) is 0 Å². The first-order valence-corrected chi connectivity index (χ1v) is 6.19. The van der Waals surface area contributed by atoms with E-state index in [0.717, 1.165) is 0 Å². The van der Waals surface area contributed by atoms with Crippen molar-refractivity contribution in [2.24, 2.45) is 5.73 Å². The number of benzene rings is 1. The minimum absolute atomic E-state index is 0.594. The maximum absolute atomic E-state index is 5.79. The third-order valence-corrected chi connectivity index (χ3v) is 4.19. The number of aryl methyl sites for hydroxylation is 2. The predicted molar refractivity (Wildman–Crippen MR) is 69.9 cm³/mol. The van der Waals surface area contributed by atoms with Crippen molar-refractivity contribution in [1.82, 2.24) is 0 Å². The normalized spacial score (nSPS) is 11.2. The number of ether oxygens (including phenoxy) is 1. The summed E-state index contributed by atoms with van der Waals surface area (Å²) < 4.78 is 6.61. The quantitative estimate of drug-likeness (QED) is 0.887. The Labute approximate surface area is 100 Å². The second-order valence-electron chi connectivity index (χ2n) is 4.10. The maximum Gasteiger partial charge on any atom is 0.0730 e. The van der Waals surface area contributed by atoms with Crippen LogP contribution in [0.25, 0.3) is 10.1 Å². The van der Waals surface area contributed by atoms with E-state index in [-0.39, 0.29) is 0 Å². The van der Waals surface area contributed by atoms with E-state index in [9.17, 15) is 0 Å². The number of thiophene rings is 1. The Bertz CT molecular complexity index is 516. The Balaban J connectivity index is 2.73. The van der Waals surface area contributed by atoms with Crippen molar-refractivity contribution >= 4 is 21.4 Å². The first-order chi connectivity index (χ1) is 7.67. The zero-order valence-corrected chi connectivity index (χ0v) is 10.8. The van der Waals surface area contributed by atoms with Crippen LogP contribution in [0.4, 0.5) is 0 Å². The molecule has 2 aromatic rings. The van der Waals surface area contributed by atoms with Crippen molar-refractivity contribution in [3.8, 4) is 0 Å². The molecular weight excluding hydrogens is 218 g/mol. The molecule has 0 atom stereocenters. The van der Waals surface area contributed by atoms with Gasteiger partial charge >= 0.3 is 0 Å². The van der Waals surface area contributed by atoms with E-state index in [4.69, 9.17) is 10.5 Å². The van der Waals surface area contributed by atoms with E-state index in [0.29, 0.717) is 13.2 Å². The van der Waals surface area contributed by atoms with Crippen LogP contribution in [0.2, 0.25) is 0 Å². The highest BCUT2D eigenvalue weighted by Crippen LogP contribution is 2.34. The molecule has 1 heterocycles. The number of rotatable bonds is 3. The van der Waals surface area contributed by atoms with E-state index in [1.807, 2.05) is 0 Å². The first-order valence-electron chi connectivity index (χ1n) is 5.38. The van der Waals surface area contributed by atoms with E-state index in [1.165, 1.54) is 31.7 Å². The third kappa shape index (κ3) is 1.86. The molecule has 0 aliphatic heterocycles. The number of nitrogens with two attached hydrogens (primary N) is 1. The highest BCUT2D eigenvalue weighted by atomic mass is 32.1. The largest absolute Gasteiger partial charge is 0.380 e. The molecule has 0 saturated carbocycles. The van der Waals surface area contributed by atoms with Gasteiger partial charge in [-0.05, 0) is 24.8 Å². The molecule has 0 aliphatic rings. The predicted octanol–water partition coefficient (Wildman–Crippen LogP) is 3.12. The average Bonchev–Trinajstić information content (AvgIpc) is 2.58. The molecule has 0 aliphatic carbocycles. The fraction of sp³-hybridized carbons (Fsp3) is 0.385. The van der Waals surface area contributed by atoms with Crippen molar-refractivity contribution in [2.45, 2.75) is 27.0 Å². The average molecular weight is 235 g/mol. The van der Waals surface area contributed by atoms with E-state index in [1.54, 1.807) is 18.4 Å². The summed E-state index contributed by atoms with van der Waals surface area (Å²) in [6.07, 6.45) is 0. The summed E-state index contributed by atoms with van der Waals surface area (Å²) in [6, 6.07) is 4.45. The van der Waals surface area contributed by atoms with Gasteiger partial charge in [0.25, 0.3) is 0 Å². The van der Waals surface area contributed by atoms with Gasteiger partial charge in [0, 0.05) is 28.8 Å². The second-order valence-corrected chi connectivity index (χ2v) is 5.20. The van der Waals surface area contributed by atoms with E-state index in [2.05, 4.69) is 26.0 Å². The summed E-state index contributed by atoms with van der Waals surface area (Å²) in [5.74, 6) is 0. The molecule has 2 nitrogen and oxygen atoms in total. The molecule has 16 heavy (non-hydrogen) atoms. The Kier molecular flexibility index (Phi) is 3.28. The van der Waals surface area contributed by atoms with Gasteiger partial charge in [-0.25, -0.2) is 0 Å². The molecule has 2 rings (SSSR count). The Hall–Kier alpha value is -0.900. The maximum atomic E-state index is 5.79. The summed E-state index contributed by atoms with van der Waals surface area (Å²) in [6.45, 7) is 5.53. The lowest BCUT2D eigenvalue weighted by Crippen LogP contribution is -1.98. The van der Waals surface area contributed by atoms with E-state index >= 15 is 0 Å². The molecule has 0 bridgehead atoms. The molecule has 0 amide bonds. The molecule has 0 unspecified atom stereocenters. The molecule has 3 heteroatoms. The van der Waals surface area contributed by atoms with Gasteiger partial charge in [0.2, 0.25) is 0 Å². The molecule has 2 N–H and O–H groups in total. The van der Waals surface area contributed by atoms with Crippen LogP contribution in [0, 0.1) is 13.8 Å². The monoisotopic (exact) mass is 235 g/mol. The lowest BCUT2D eigenvalue weighted by Gasteiger charge is -2.03. The molecule has 1 aromatic carbocycles. The molecule has 86 valence electrons. The Morgan fingerprint density at radius 1 is 1.31 bits per heavy atom. The van der Waals surface area contributed by atoms with Gasteiger partial charge in [-0.3, -0.25) is 0 Å². The fourth-order valence-corrected chi connectivity index (χ4v) is 3.25. The van der Waals surface area contributed by atoms with E-state index < -0.39 is 0 Å². The summed E-state index contributed by atoms with van der Waals surface area (Å²) >= 11 is 1.79. The molecule has 0 fully saturated rings. The van der Waals surface area contributed by atoms with Crippen molar-refractivity contribution < 1.29 is 4.74 Å². The van der Waals surface area contributed by atoms with Gasteiger partial charge in [0.15, 0.2) is 0 Å². The molecular formula is C13H17NOS. The Morgan fingerprint density at radius 2 is 2.06 bits per heavy atom. The lowest BCUT2D eigenvalue weighted by molar-refractivity contribution is 0.185. The topological polar surface area (TPSA) is 35.2 Å². The summed E-state index contributed by atoms with van der Waals surface area (Å²) in [7, 11) is 1.73. The second kappa shape index (κ2) is 4.53. The van der Waals surface area contributed by atoms with Crippen molar-refractivity contribution in [1.29, 1.82) is 0 Å². The van der Waals surface area contributed by atoms with Crippen molar-refractivity contribution in [3.05, 3.63) is 33.7 Å². The third-order valence-electron chi connectivity index (χ3n) is 2.78. The summed E-state index contributed by atoms with van der Waals surface area (Å²) in [5, 5.41) is 1.31. The van der Waals surface area contributed by atoms with Crippen LogP contribution in [-0.4, -0.2) is 7.11 Å². The van der Waals surface area contributed by atoms with Crippen LogP contribution in [0.3, 0.4) is 0 Å². The molecule has 0 radical (unpaired) electrons. The van der Waals surface area contributed by atoms with Gasteiger partial charge < -0.3 is 10.5 Å². The molecule has 0 saturated heterocycles. The Morgan fingerprint density at radius 3 is 2.69 bits per heavy atom.